The van der Waals surface area contributed by atoms with Crippen LogP contribution in [0.4, 0.5) is 5.95 Å². The number of carbonyl (C=O) groups is 2. The second kappa shape index (κ2) is 7.52. The van der Waals surface area contributed by atoms with E-state index in [1.54, 1.807) is 12.1 Å². The first-order valence-corrected chi connectivity index (χ1v) is 8.28. The van der Waals surface area contributed by atoms with Gasteiger partial charge in [-0.2, -0.15) is 4.98 Å². The van der Waals surface area contributed by atoms with Crippen molar-refractivity contribution < 1.29 is 19.4 Å². The summed E-state index contributed by atoms with van der Waals surface area (Å²) < 4.78 is 6.77. The summed E-state index contributed by atoms with van der Waals surface area (Å²) in [6, 6.07) is 7.95. The summed E-state index contributed by atoms with van der Waals surface area (Å²) >= 11 is 0. The largest absolute Gasteiger partial charge is 0.484 e. The first kappa shape index (κ1) is 17.9. The highest BCUT2D eigenvalue weighted by Gasteiger charge is 2.38. The van der Waals surface area contributed by atoms with Gasteiger partial charge in [0, 0.05) is 12.5 Å². The van der Waals surface area contributed by atoms with Crippen molar-refractivity contribution in [2.24, 2.45) is 0 Å². The molecule has 2 N–H and O–H groups in total. The van der Waals surface area contributed by atoms with E-state index in [0.29, 0.717) is 24.4 Å². The van der Waals surface area contributed by atoms with E-state index >= 15 is 0 Å². The number of ether oxygens (including phenoxy) is 1. The molecule has 0 spiro atoms. The zero-order chi connectivity index (χ0) is 18.7. The van der Waals surface area contributed by atoms with Gasteiger partial charge < -0.3 is 14.7 Å². The summed E-state index contributed by atoms with van der Waals surface area (Å²) in [5.74, 6) is -0.158. The normalized spacial score (nSPS) is 19.0. The molecule has 0 fully saturated rings. The number of aliphatic carboxylic acids is 1. The van der Waals surface area contributed by atoms with Gasteiger partial charge in [-0.25, -0.2) is 9.48 Å². The van der Waals surface area contributed by atoms with Gasteiger partial charge in [-0.15, -0.1) is 5.10 Å². The minimum Gasteiger partial charge on any atom is -0.484 e. The van der Waals surface area contributed by atoms with Gasteiger partial charge in [-0.05, 0) is 32.6 Å². The highest BCUT2D eigenvalue weighted by atomic mass is 16.5. The Morgan fingerprint density at radius 1 is 1.35 bits per heavy atom. The molecule has 0 bridgehead atoms. The topological polar surface area (TPSA) is 110 Å². The molecule has 1 aliphatic heterocycles. The van der Waals surface area contributed by atoms with Crippen LogP contribution in [0.25, 0.3) is 0 Å². The van der Waals surface area contributed by atoms with Crippen LogP contribution in [0.2, 0.25) is 0 Å². The summed E-state index contributed by atoms with van der Waals surface area (Å²) in [4.78, 5) is 29.9. The van der Waals surface area contributed by atoms with Gasteiger partial charge >= 0.3 is 5.97 Å². The van der Waals surface area contributed by atoms with E-state index in [1.165, 1.54) is 4.68 Å². The second-order valence-corrected chi connectivity index (χ2v) is 6.30. The molecule has 26 heavy (non-hydrogen) atoms. The van der Waals surface area contributed by atoms with E-state index in [1.807, 2.05) is 37.2 Å². The summed E-state index contributed by atoms with van der Waals surface area (Å²) in [5.41, 5.74) is 0. The van der Waals surface area contributed by atoms with Gasteiger partial charge in [0.05, 0.1) is 0 Å². The highest BCUT2D eigenvalue weighted by molar-refractivity contribution is 5.90. The van der Waals surface area contributed by atoms with Crippen LogP contribution in [0, 0.1) is 0 Å². The molecule has 0 saturated heterocycles. The van der Waals surface area contributed by atoms with Crippen LogP contribution in [0.1, 0.15) is 18.3 Å². The van der Waals surface area contributed by atoms with Crippen molar-refractivity contribution in [3.8, 4) is 5.75 Å². The third-order valence-electron chi connectivity index (χ3n) is 4.27. The van der Waals surface area contributed by atoms with Crippen molar-refractivity contribution in [1.29, 1.82) is 0 Å². The zero-order valence-electron chi connectivity index (χ0n) is 14.6. The fourth-order valence-corrected chi connectivity index (χ4v) is 3.04. The van der Waals surface area contributed by atoms with Crippen LogP contribution in [-0.4, -0.2) is 63.4 Å². The van der Waals surface area contributed by atoms with Crippen LogP contribution >= 0.6 is 0 Å². The third-order valence-corrected chi connectivity index (χ3v) is 4.27. The number of carboxylic acid groups (broad SMARTS) is 1. The zero-order valence-corrected chi connectivity index (χ0v) is 14.6. The molecule has 1 aromatic carbocycles. The van der Waals surface area contributed by atoms with Crippen LogP contribution in [-0.2, 0) is 16.0 Å². The number of aromatic nitrogens is 3. The maximum Gasteiger partial charge on any atom is 0.330 e. The number of rotatable bonds is 6. The Morgan fingerprint density at radius 2 is 2.08 bits per heavy atom. The Hall–Kier alpha value is -2.94. The van der Waals surface area contributed by atoms with Crippen LogP contribution in [0.5, 0.6) is 5.75 Å². The predicted octanol–water partition coefficient (Wildman–Crippen LogP) is 0.798. The molecule has 2 unspecified atom stereocenters. The second-order valence-electron chi connectivity index (χ2n) is 6.30. The number of para-hydroxylation sites is 1. The first-order valence-electron chi connectivity index (χ1n) is 8.28. The minimum absolute atomic E-state index is 0.0901. The van der Waals surface area contributed by atoms with Crippen LogP contribution < -0.4 is 10.1 Å². The maximum atomic E-state index is 12.0. The van der Waals surface area contributed by atoms with E-state index in [9.17, 15) is 14.7 Å². The van der Waals surface area contributed by atoms with Gasteiger partial charge in [0.2, 0.25) is 5.95 Å². The SMILES string of the molecule is CN(C)C1CCc2nc(NC(=O)COc3ccccc3)nn2C1C(=O)O. The number of aryl methyl sites for hydroxylation is 1. The van der Waals surface area contributed by atoms with Crippen LogP contribution in [0.15, 0.2) is 30.3 Å². The molecular weight excluding hydrogens is 338 g/mol. The fourth-order valence-electron chi connectivity index (χ4n) is 3.04. The Kier molecular flexibility index (Phi) is 5.17. The van der Waals surface area contributed by atoms with Gasteiger partial charge in [-0.1, -0.05) is 18.2 Å². The number of carbonyl (C=O) groups excluding carboxylic acids is 1. The predicted molar refractivity (Wildman–Crippen MR) is 93.1 cm³/mol. The van der Waals surface area contributed by atoms with E-state index in [4.69, 9.17) is 4.74 Å². The molecule has 0 saturated carbocycles. The molecule has 3 rings (SSSR count). The number of carboxylic acids is 1. The molecule has 1 aliphatic rings. The number of nitrogens with zero attached hydrogens (tertiary/aromatic N) is 4. The number of anilines is 1. The van der Waals surface area contributed by atoms with Crippen molar-refractivity contribution in [2.45, 2.75) is 24.9 Å². The lowest BCUT2D eigenvalue weighted by molar-refractivity contribution is -0.144. The molecule has 1 amide bonds. The number of hydrogen-bond donors (Lipinski definition) is 2. The van der Waals surface area contributed by atoms with Gasteiger partial charge in [0.25, 0.3) is 5.91 Å². The van der Waals surface area contributed by atoms with Crippen molar-refractivity contribution in [1.82, 2.24) is 19.7 Å². The molecule has 0 aliphatic carbocycles. The van der Waals surface area contributed by atoms with Crippen LogP contribution in [0.3, 0.4) is 0 Å². The molecule has 9 heteroatoms. The quantitative estimate of drug-likeness (QED) is 0.785. The molecule has 0 radical (unpaired) electrons. The number of likely N-dealkylation sites (N-methyl/N-ethyl adjacent to an activating group) is 1. The van der Waals surface area contributed by atoms with E-state index in [2.05, 4.69) is 15.4 Å². The summed E-state index contributed by atoms with van der Waals surface area (Å²) in [5, 5.41) is 16.3. The molecule has 1 aromatic heterocycles. The Morgan fingerprint density at radius 3 is 2.73 bits per heavy atom. The molecule has 2 atom stereocenters. The number of fused-ring (bicyclic) bond motifs is 1. The minimum atomic E-state index is -0.972. The monoisotopic (exact) mass is 359 g/mol. The van der Waals surface area contributed by atoms with Crippen molar-refractivity contribution in [3.05, 3.63) is 36.2 Å². The van der Waals surface area contributed by atoms with Crippen molar-refractivity contribution in [2.75, 3.05) is 26.0 Å². The van der Waals surface area contributed by atoms with Crippen molar-refractivity contribution >= 4 is 17.8 Å². The fraction of sp³-hybridized carbons (Fsp3) is 0.412. The average molecular weight is 359 g/mol. The molecule has 9 nitrogen and oxygen atoms in total. The number of hydrogen-bond acceptors (Lipinski definition) is 6. The Balaban J connectivity index is 1.68. The van der Waals surface area contributed by atoms with E-state index < -0.39 is 17.9 Å². The third kappa shape index (κ3) is 3.83. The van der Waals surface area contributed by atoms with Gasteiger partial charge in [-0.3, -0.25) is 10.1 Å². The maximum absolute atomic E-state index is 12.0. The number of amides is 1. The summed E-state index contributed by atoms with van der Waals surface area (Å²) in [6.07, 6.45) is 1.25. The molecular formula is C17H21N5O4. The smallest absolute Gasteiger partial charge is 0.330 e. The Labute approximate surface area is 150 Å². The van der Waals surface area contributed by atoms with Crippen molar-refractivity contribution in [3.63, 3.8) is 0 Å². The standard InChI is InChI=1S/C17H21N5O4/c1-21(2)12-8-9-13-18-17(20-22(13)15(12)16(24)25)19-14(23)10-26-11-6-4-3-5-7-11/h3-7,12,15H,8-10H2,1-2H3,(H,24,25)(H,19,20,23). The lowest BCUT2D eigenvalue weighted by Crippen LogP contribution is -2.45. The van der Waals surface area contributed by atoms with Gasteiger partial charge in [0.1, 0.15) is 11.6 Å². The summed E-state index contributed by atoms with van der Waals surface area (Å²) in [7, 11) is 3.68. The van der Waals surface area contributed by atoms with E-state index in [-0.39, 0.29) is 18.6 Å². The molecule has 2 heterocycles. The lowest BCUT2D eigenvalue weighted by Gasteiger charge is -2.33. The summed E-state index contributed by atoms with van der Waals surface area (Å²) in [6.45, 7) is -0.184. The van der Waals surface area contributed by atoms with E-state index in [0.717, 1.165) is 0 Å². The molecule has 138 valence electrons. The molecule has 2 aromatic rings. The lowest BCUT2D eigenvalue weighted by atomic mass is 9.98. The first-order chi connectivity index (χ1) is 12.5. The average Bonchev–Trinajstić information content (AvgIpc) is 3.01. The highest BCUT2D eigenvalue weighted by Crippen LogP contribution is 2.27. The number of benzene rings is 1. The number of nitrogens with one attached hydrogen (secondary N) is 1. The van der Waals surface area contributed by atoms with Gasteiger partial charge in [0.15, 0.2) is 12.6 Å². The Bertz CT molecular complexity index is 790.